The van der Waals surface area contributed by atoms with Gasteiger partial charge in [-0.2, -0.15) is 0 Å². The third-order valence-corrected chi connectivity index (χ3v) is 7.64. The molecule has 0 heterocycles. The van der Waals surface area contributed by atoms with Crippen molar-refractivity contribution >= 4 is 12.2 Å². The average Bonchev–Trinajstić information content (AvgIpc) is 2.91. The van der Waals surface area contributed by atoms with Gasteiger partial charge in [0.2, 0.25) is 0 Å². The second kappa shape index (κ2) is 11.9. The molecule has 0 radical (unpaired) electrons. The van der Waals surface area contributed by atoms with Gasteiger partial charge in [0.15, 0.2) is 23.3 Å². The standard InChI is InChI=1S/C32H34F4/c1-3-5-6-25-17-18-26(30(34)29(25)33)16-11-22-9-14-24(15-10-22)28-20-19-27(31(35)32(28)36)23-12-7-21(4-2)8-13-23/h9-11,14-21,23H,3-8,12-13H2,1-2H3/b16-11+. The number of hydrogen-bond acceptors (Lipinski definition) is 0. The van der Waals surface area contributed by atoms with Gasteiger partial charge in [-0.1, -0.05) is 87.4 Å². The van der Waals surface area contributed by atoms with Crippen molar-refractivity contribution in [2.24, 2.45) is 5.92 Å². The summed E-state index contributed by atoms with van der Waals surface area (Å²) in [5.74, 6) is -2.42. The Kier molecular flexibility index (Phi) is 8.66. The Labute approximate surface area is 212 Å². The van der Waals surface area contributed by atoms with E-state index in [1.165, 1.54) is 6.08 Å². The van der Waals surface area contributed by atoms with Crippen LogP contribution < -0.4 is 0 Å². The van der Waals surface area contributed by atoms with E-state index in [-0.39, 0.29) is 17.0 Å². The Bertz CT molecular complexity index is 1200. The molecular weight excluding hydrogens is 460 g/mol. The van der Waals surface area contributed by atoms with Gasteiger partial charge in [0, 0.05) is 11.1 Å². The van der Waals surface area contributed by atoms with E-state index in [2.05, 4.69) is 6.92 Å². The second-order valence-electron chi connectivity index (χ2n) is 9.96. The maximum Gasteiger partial charge on any atom is 0.166 e. The smallest absolute Gasteiger partial charge is 0.166 e. The molecule has 3 aromatic carbocycles. The summed E-state index contributed by atoms with van der Waals surface area (Å²) in [4.78, 5) is 0. The molecule has 0 amide bonds. The molecule has 190 valence electrons. The van der Waals surface area contributed by atoms with Crippen LogP contribution in [0.1, 0.15) is 87.0 Å². The monoisotopic (exact) mass is 494 g/mol. The largest absolute Gasteiger partial charge is 0.203 e. The summed E-state index contributed by atoms with van der Waals surface area (Å²) in [7, 11) is 0. The van der Waals surface area contributed by atoms with Crippen LogP contribution in [-0.2, 0) is 6.42 Å². The molecule has 3 aromatic rings. The Morgan fingerprint density at radius 1 is 0.722 bits per heavy atom. The molecule has 1 saturated carbocycles. The third kappa shape index (κ3) is 5.74. The van der Waals surface area contributed by atoms with Gasteiger partial charge in [0.25, 0.3) is 0 Å². The zero-order valence-corrected chi connectivity index (χ0v) is 21.1. The van der Waals surface area contributed by atoms with E-state index in [1.807, 2.05) is 6.92 Å². The number of halogens is 4. The highest BCUT2D eigenvalue weighted by molar-refractivity contribution is 5.72. The lowest BCUT2D eigenvalue weighted by Gasteiger charge is -2.28. The highest BCUT2D eigenvalue weighted by Crippen LogP contribution is 2.39. The normalized spacial score (nSPS) is 18.2. The topological polar surface area (TPSA) is 0 Å². The van der Waals surface area contributed by atoms with Crippen molar-refractivity contribution in [1.82, 2.24) is 0 Å². The molecule has 4 heteroatoms. The SMILES string of the molecule is CCCCc1ccc(/C=C/c2ccc(-c3ccc(C4CCC(CC)CC4)c(F)c3F)cc2)c(F)c1F. The highest BCUT2D eigenvalue weighted by Gasteiger charge is 2.26. The van der Waals surface area contributed by atoms with Crippen LogP contribution in [0.2, 0.25) is 0 Å². The minimum atomic E-state index is -0.850. The third-order valence-electron chi connectivity index (χ3n) is 7.64. The van der Waals surface area contributed by atoms with Crippen LogP contribution in [0.4, 0.5) is 17.6 Å². The lowest BCUT2D eigenvalue weighted by Crippen LogP contribution is -2.14. The summed E-state index contributed by atoms with van der Waals surface area (Å²) in [5.41, 5.74) is 2.60. The number of benzene rings is 3. The fraction of sp³-hybridized carbons (Fsp3) is 0.375. The van der Waals surface area contributed by atoms with Crippen molar-refractivity contribution in [3.63, 3.8) is 0 Å². The summed E-state index contributed by atoms with van der Waals surface area (Å²) in [6.45, 7) is 4.19. The number of rotatable bonds is 8. The Balaban J connectivity index is 1.48. The molecule has 0 bridgehead atoms. The van der Waals surface area contributed by atoms with E-state index in [1.54, 1.807) is 54.6 Å². The van der Waals surface area contributed by atoms with E-state index in [9.17, 15) is 8.78 Å². The van der Waals surface area contributed by atoms with Gasteiger partial charge in [0.05, 0.1) is 0 Å². The molecule has 0 N–H and O–H groups in total. The first-order valence-electron chi connectivity index (χ1n) is 13.2. The lowest BCUT2D eigenvalue weighted by molar-refractivity contribution is 0.312. The Morgan fingerprint density at radius 3 is 2.11 bits per heavy atom. The first kappa shape index (κ1) is 26.2. The maximum absolute atomic E-state index is 15.0. The van der Waals surface area contributed by atoms with E-state index in [4.69, 9.17) is 0 Å². The molecule has 1 fully saturated rings. The minimum Gasteiger partial charge on any atom is -0.203 e. The van der Waals surface area contributed by atoms with Crippen LogP contribution in [0.3, 0.4) is 0 Å². The van der Waals surface area contributed by atoms with Crippen molar-refractivity contribution < 1.29 is 17.6 Å². The number of aryl methyl sites for hydroxylation is 1. The molecule has 0 aliphatic heterocycles. The van der Waals surface area contributed by atoms with Gasteiger partial charge in [0.1, 0.15) is 0 Å². The van der Waals surface area contributed by atoms with Gasteiger partial charge in [-0.05, 0) is 72.6 Å². The highest BCUT2D eigenvalue weighted by atomic mass is 19.2. The van der Waals surface area contributed by atoms with Gasteiger partial charge >= 0.3 is 0 Å². The summed E-state index contributed by atoms with van der Waals surface area (Å²) < 4.78 is 58.8. The quantitative estimate of drug-likeness (QED) is 0.216. The van der Waals surface area contributed by atoms with Gasteiger partial charge in [-0.25, -0.2) is 17.6 Å². The van der Waals surface area contributed by atoms with Crippen molar-refractivity contribution in [3.8, 4) is 11.1 Å². The molecule has 0 aromatic heterocycles. The fourth-order valence-electron chi connectivity index (χ4n) is 5.24. The first-order valence-corrected chi connectivity index (χ1v) is 13.2. The molecule has 36 heavy (non-hydrogen) atoms. The summed E-state index contributed by atoms with van der Waals surface area (Å²) >= 11 is 0. The van der Waals surface area contributed by atoms with Crippen molar-refractivity contribution in [1.29, 1.82) is 0 Å². The van der Waals surface area contributed by atoms with Crippen LogP contribution in [0.5, 0.6) is 0 Å². The summed E-state index contributed by atoms with van der Waals surface area (Å²) in [6, 6.07) is 13.6. The van der Waals surface area contributed by atoms with Crippen molar-refractivity contribution in [2.45, 2.75) is 71.1 Å². The minimum absolute atomic E-state index is 0.0785. The Hall–Kier alpha value is -2.88. The van der Waals surface area contributed by atoms with E-state index < -0.39 is 23.3 Å². The summed E-state index contributed by atoms with van der Waals surface area (Å²) in [5, 5.41) is 0. The van der Waals surface area contributed by atoms with Crippen LogP contribution >= 0.6 is 0 Å². The van der Waals surface area contributed by atoms with E-state index in [0.29, 0.717) is 29.0 Å². The van der Waals surface area contributed by atoms with Crippen LogP contribution in [0, 0.1) is 29.2 Å². The molecule has 0 spiro atoms. The first-order chi connectivity index (χ1) is 17.4. The Morgan fingerprint density at radius 2 is 1.44 bits per heavy atom. The maximum atomic E-state index is 15.0. The van der Waals surface area contributed by atoms with Crippen LogP contribution in [0.25, 0.3) is 23.3 Å². The van der Waals surface area contributed by atoms with Gasteiger partial charge < -0.3 is 0 Å². The molecule has 0 unspecified atom stereocenters. The van der Waals surface area contributed by atoms with E-state index in [0.717, 1.165) is 50.5 Å². The molecule has 1 aliphatic rings. The van der Waals surface area contributed by atoms with E-state index >= 15 is 8.78 Å². The van der Waals surface area contributed by atoms with Crippen LogP contribution in [0.15, 0.2) is 48.5 Å². The van der Waals surface area contributed by atoms with Crippen LogP contribution in [-0.4, -0.2) is 0 Å². The lowest BCUT2D eigenvalue weighted by atomic mass is 9.77. The second-order valence-corrected chi connectivity index (χ2v) is 9.96. The number of hydrogen-bond donors (Lipinski definition) is 0. The predicted molar refractivity (Wildman–Crippen MR) is 141 cm³/mol. The summed E-state index contributed by atoms with van der Waals surface area (Å²) in [6.07, 6.45) is 10.5. The predicted octanol–water partition coefficient (Wildman–Crippen LogP) is 10.1. The number of unbranched alkanes of at least 4 members (excludes halogenated alkanes) is 1. The average molecular weight is 495 g/mol. The molecule has 0 nitrogen and oxygen atoms in total. The zero-order chi connectivity index (χ0) is 25.7. The van der Waals surface area contributed by atoms with Crippen molar-refractivity contribution in [2.75, 3.05) is 0 Å². The fourth-order valence-corrected chi connectivity index (χ4v) is 5.24. The molecule has 1 aliphatic carbocycles. The molecule has 0 atom stereocenters. The van der Waals surface area contributed by atoms with Gasteiger partial charge in [-0.15, -0.1) is 0 Å². The molecule has 0 saturated heterocycles. The molecular formula is C32H34F4. The zero-order valence-electron chi connectivity index (χ0n) is 21.1. The van der Waals surface area contributed by atoms with Gasteiger partial charge in [-0.3, -0.25) is 0 Å². The molecule has 4 rings (SSSR count). The van der Waals surface area contributed by atoms with Crippen molar-refractivity contribution in [3.05, 3.63) is 94.1 Å².